The second kappa shape index (κ2) is 6.84. The van der Waals surface area contributed by atoms with Crippen LogP contribution < -0.4 is 5.32 Å². The molecule has 3 aromatic rings. The third-order valence-corrected chi connectivity index (χ3v) is 4.37. The van der Waals surface area contributed by atoms with E-state index in [-0.39, 0.29) is 5.91 Å². The Bertz CT molecular complexity index is 830. The number of nitrogens with one attached hydrogen (secondary N) is 2. The smallest absolute Gasteiger partial charge is 0.239 e. The molecule has 8 nitrogen and oxygen atoms in total. The number of hydrogen-bond acceptors (Lipinski definition) is 6. The van der Waals surface area contributed by atoms with E-state index >= 15 is 0 Å². The second-order valence-electron chi connectivity index (χ2n) is 6.16. The predicted octanol–water partition coefficient (Wildman–Crippen LogP) is 1.71. The highest BCUT2D eigenvalue weighted by atomic mass is 16.5. The summed E-state index contributed by atoms with van der Waals surface area (Å²) in [5, 5.41) is 13.2. The van der Waals surface area contributed by atoms with Crippen LogP contribution in [0.25, 0.3) is 11.6 Å². The summed E-state index contributed by atoms with van der Waals surface area (Å²) in [5.41, 5.74) is 1.35. The highest BCUT2D eigenvalue weighted by molar-refractivity contribution is 5.76. The number of hydrogen-bond donors (Lipinski definition) is 2. The van der Waals surface area contributed by atoms with E-state index in [1.165, 1.54) is 11.9 Å². The van der Waals surface area contributed by atoms with Gasteiger partial charge in [0.1, 0.15) is 6.33 Å². The minimum absolute atomic E-state index is 0.00173. The first-order chi connectivity index (χ1) is 12.3. The maximum absolute atomic E-state index is 12.0. The van der Waals surface area contributed by atoms with Crippen LogP contribution in [0.3, 0.4) is 0 Å². The number of aromatic nitrogens is 5. The van der Waals surface area contributed by atoms with Crippen LogP contribution in [0.4, 0.5) is 0 Å². The maximum atomic E-state index is 12.0. The molecule has 1 amide bonds. The summed E-state index contributed by atoms with van der Waals surface area (Å²) in [4.78, 5) is 20.1. The van der Waals surface area contributed by atoms with E-state index in [1.54, 1.807) is 0 Å². The molecule has 8 heteroatoms. The second-order valence-corrected chi connectivity index (χ2v) is 6.16. The fraction of sp³-hybridized carbons (Fsp3) is 0.353. The Hall–Kier alpha value is -3.03. The van der Waals surface area contributed by atoms with Crippen LogP contribution in [-0.4, -0.2) is 37.8 Å². The van der Waals surface area contributed by atoms with E-state index in [2.05, 4.69) is 54.9 Å². The van der Waals surface area contributed by atoms with Crippen LogP contribution in [0.15, 0.2) is 41.2 Å². The van der Waals surface area contributed by atoms with Crippen molar-refractivity contribution < 1.29 is 9.32 Å². The zero-order valence-corrected chi connectivity index (χ0v) is 13.6. The van der Waals surface area contributed by atoms with Crippen LogP contribution in [0.1, 0.15) is 30.2 Å². The molecule has 0 radical (unpaired) electrons. The van der Waals surface area contributed by atoms with Crippen LogP contribution in [-0.2, 0) is 11.2 Å². The highest BCUT2D eigenvalue weighted by Crippen LogP contribution is 2.46. The lowest BCUT2D eigenvalue weighted by atomic mass is 10.1. The molecule has 2 atom stereocenters. The molecule has 2 unspecified atom stereocenters. The third-order valence-electron chi connectivity index (χ3n) is 4.37. The number of rotatable bonds is 7. The van der Waals surface area contributed by atoms with Crippen molar-refractivity contribution in [1.82, 2.24) is 30.6 Å². The number of aryl methyl sites for hydroxylation is 1. The lowest BCUT2D eigenvalue weighted by Crippen LogP contribution is -2.26. The van der Waals surface area contributed by atoms with Gasteiger partial charge in [-0.1, -0.05) is 35.5 Å². The number of carbonyl (C=O) groups is 1. The summed E-state index contributed by atoms with van der Waals surface area (Å²) < 4.78 is 5.12. The van der Waals surface area contributed by atoms with Crippen molar-refractivity contribution in [1.29, 1.82) is 0 Å². The molecule has 2 N–H and O–H groups in total. The zero-order valence-electron chi connectivity index (χ0n) is 13.6. The third kappa shape index (κ3) is 3.73. The average Bonchev–Trinajstić information content (AvgIpc) is 3.02. The quantitative estimate of drug-likeness (QED) is 0.678. The van der Waals surface area contributed by atoms with Crippen molar-refractivity contribution in [2.45, 2.75) is 25.2 Å². The number of H-pyrrole nitrogens is 1. The standard InChI is InChI=1S/C17H18N6O2/c24-14(18-9-12-8-13(12)11-4-2-1-3-5-11)6-7-15-21-17(23-25-15)16-19-10-20-22-16/h1-5,10,12-13H,6-9H2,(H,18,24)(H,19,20,22). The van der Waals surface area contributed by atoms with Gasteiger partial charge in [0.2, 0.25) is 17.6 Å². The molecule has 2 heterocycles. The van der Waals surface area contributed by atoms with Crippen molar-refractivity contribution in [2.24, 2.45) is 5.92 Å². The summed E-state index contributed by atoms with van der Waals surface area (Å²) in [6, 6.07) is 10.4. The van der Waals surface area contributed by atoms with Gasteiger partial charge in [0.15, 0.2) is 5.82 Å². The van der Waals surface area contributed by atoms with Crippen LogP contribution >= 0.6 is 0 Å². The van der Waals surface area contributed by atoms with Crippen LogP contribution in [0.5, 0.6) is 0 Å². The molecule has 0 bridgehead atoms. The summed E-state index contributed by atoms with van der Waals surface area (Å²) in [7, 11) is 0. The van der Waals surface area contributed by atoms with Gasteiger partial charge in [-0.15, -0.1) is 0 Å². The maximum Gasteiger partial charge on any atom is 0.239 e. The first-order valence-electron chi connectivity index (χ1n) is 8.29. The molecule has 128 valence electrons. The normalized spacial score (nSPS) is 18.9. The van der Waals surface area contributed by atoms with Gasteiger partial charge in [0.05, 0.1) is 0 Å². The fourth-order valence-corrected chi connectivity index (χ4v) is 2.90. The lowest BCUT2D eigenvalue weighted by molar-refractivity contribution is -0.121. The Balaban J connectivity index is 1.20. The molecule has 2 aromatic heterocycles. The molecule has 0 saturated heterocycles. The number of benzene rings is 1. The first kappa shape index (κ1) is 15.5. The van der Waals surface area contributed by atoms with Crippen LogP contribution in [0.2, 0.25) is 0 Å². The average molecular weight is 338 g/mol. The first-order valence-corrected chi connectivity index (χ1v) is 8.29. The van der Waals surface area contributed by atoms with Crippen molar-refractivity contribution in [3.8, 4) is 11.6 Å². The number of carbonyl (C=O) groups excluding carboxylic acids is 1. The Kier molecular flexibility index (Phi) is 4.24. The minimum atomic E-state index is -0.00173. The molecule has 1 saturated carbocycles. The van der Waals surface area contributed by atoms with Gasteiger partial charge in [-0.3, -0.25) is 9.89 Å². The lowest BCUT2D eigenvalue weighted by Gasteiger charge is -2.04. The minimum Gasteiger partial charge on any atom is -0.356 e. The summed E-state index contributed by atoms with van der Waals surface area (Å²) in [6.07, 6.45) is 3.23. The summed E-state index contributed by atoms with van der Waals surface area (Å²) >= 11 is 0. The SMILES string of the molecule is O=C(CCc1nc(-c2ncn[nH]2)no1)NCC1CC1c1ccccc1. The molecule has 0 spiro atoms. The molecule has 1 aliphatic rings. The Morgan fingerprint density at radius 2 is 2.20 bits per heavy atom. The predicted molar refractivity (Wildman–Crippen MR) is 88.3 cm³/mol. The zero-order chi connectivity index (χ0) is 17.1. The summed E-state index contributed by atoms with van der Waals surface area (Å²) in [6.45, 7) is 0.714. The van der Waals surface area contributed by atoms with Gasteiger partial charge in [0.25, 0.3) is 0 Å². The molecule has 25 heavy (non-hydrogen) atoms. The van der Waals surface area contributed by atoms with Gasteiger partial charge in [-0.2, -0.15) is 10.1 Å². The fourth-order valence-electron chi connectivity index (χ4n) is 2.90. The van der Waals surface area contributed by atoms with E-state index in [0.717, 1.165) is 6.42 Å². The molecular formula is C17H18N6O2. The van der Waals surface area contributed by atoms with Gasteiger partial charge in [0, 0.05) is 19.4 Å². The molecule has 4 rings (SSSR count). The Morgan fingerprint density at radius 1 is 1.32 bits per heavy atom. The molecule has 1 fully saturated rings. The molecular weight excluding hydrogens is 320 g/mol. The van der Waals surface area contributed by atoms with Crippen molar-refractivity contribution in [2.75, 3.05) is 6.54 Å². The largest absolute Gasteiger partial charge is 0.356 e. The van der Waals surface area contributed by atoms with E-state index in [4.69, 9.17) is 4.52 Å². The number of nitrogens with zero attached hydrogens (tertiary/aromatic N) is 4. The topological polar surface area (TPSA) is 110 Å². The summed E-state index contributed by atoms with van der Waals surface area (Å²) in [5.74, 6) is 2.31. The van der Waals surface area contributed by atoms with E-state index in [9.17, 15) is 4.79 Å². The monoisotopic (exact) mass is 338 g/mol. The van der Waals surface area contributed by atoms with Gasteiger partial charge in [-0.05, 0) is 23.8 Å². The molecule has 1 aromatic carbocycles. The van der Waals surface area contributed by atoms with Gasteiger partial charge < -0.3 is 9.84 Å². The van der Waals surface area contributed by atoms with Crippen LogP contribution in [0, 0.1) is 5.92 Å². The Labute approximate surface area is 144 Å². The number of aromatic amines is 1. The Morgan fingerprint density at radius 3 is 3.00 bits per heavy atom. The van der Waals surface area contributed by atoms with E-state index < -0.39 is 0 Å². The highest BCUT2D eigenvalue weighted by Gasteiger charge is 2.37. The van der Waals surface area contributed by atoms with Gasteiger partial charge >= 0.3 is 0 Å². The number of amides is 1. The van der Waals surface area contributed by atoms with E-state index in [1.807, 2.05) is 6.07 Å². The van der Waals surface area contributed by atoms with Crippen molar-refractivity contribution in [3.63, 3.8) is 0 Å². The van der Waals surface area contributed by atoms with Crippen molar-refractivity contribution in [3.05, 3.63) is 48.1 Å². The van der Waals surface area contributed by atoms with E-state index in [0.29, 0.717) is 48.8 Å². The molecule has 1 aliphatic carbocycles. The van der Waals surface area contributed by atoms with Crippen molar-refractivity contribution >= 4 is 5.91 Å². The molecule has 0 aliphatic heterocycles. The van der Waals surface area contributed by atoms with Gasteiger partial charge in [-0.25, -0.2) is 4.98 Å².